The predicted molar refractivity (Wildman–Crippen MR) is 70.3 cm³/mol. The summed E-state index contributed by atoms with van der Waals surface area (Å²) < 4.78 is 0. The van der Waals surface area contributed by atoms with Crippen molar-refractivity contribution in [2.24, 2.45) is 5.41 Å². The zero-order chi connectivity index (χ0) is 13.8. The third-order valence-electron chi connectivity index (χ3n) is 4.52. The SMILES string of the molecule is CCC(C)(CC)NC(=O)CC1(C(=O)O)CCCC1. The molecule has 0 aliphatic heterocycles. The number of amides is 1. The summed E-state index contributed by atoms with van der Waals surface area (Å²) in [5.41, 5.74) is -1.03. The van der Waals surface area contributed by atoms with Crippen LogP contribution in [0.4, 0.5) is 0 Å². The van der Waals surface area contributed by atoms with E-state index >= 15 is 0 Å². The van der Waals surface area contributed by atoms with E-state index in [1.54, 1.807) is 0 Å². The molecule has 4 nitrogen and oxygen atoms in total. The lowest BCUT2D eigenvalue weighted by Gasteiger charge is -2.31. The minimum absolute atomic E-state index is 0.120. The Hall–Kier alpha value is -1.06. The second-order valence-electron chi connectivity index (χ2n) is 5.79. The van der Waals surface area contributed by atoms with Gasteiger partial charge in [-0.05, 0) is 32.6 Å². The number of hydrogen-bond acceptors (Lipinski definition) is 2. The molecule has 0 radical (unpaired) electrons. The molecule has 0 heterocycles. The summed E-state index contributed by atoms with van der Waals surface area (Å²) >= 11 is 0. The lowest BCUT2D eigenvalue weighted by molar-refractivity contribution is -0.151. The van der Waals surface area contributed by atoms with Gasteiger partial charge in [0.05, 0.1) is 5.41 Å². The molecule has 0 atom stereocenters. The van der Waals surface area contributed by atoms with Gasteiger partial charge in [-0.25, -0.2) is 0 Å². The van der Waals surface area contributed by atoms with Crippen molar-refractivity contribution in [1.82, 2.24) is 5.32 Å². The highest BCUT2D eigenvalue weighted by Gasteiger charge is 2.43. The topological polar surface area (TPSA) is 66.4 Å². The maximum Gasteiger partial charge on any atom is 0.310 e. The Balaban J connectivity index is 2.66. The normalized spacial score (nSPS) is 18.6. The zero-order valence-electron chi connectivity index (χ0n) is 11.7. The van der Waals surface area contributed by atoms with E-state index in [9.17, 15) is 14.7 Å². The highest BCUT2D eigenvalue weighted by atomic mass is 16.4. The number of carboxylic acid groups (broad SMARTS) is 1. The van der Waals surface area contributed by atoms with Crippen molar-refractivity contribution in [3.05, 3.63) is 0 Å². The molecular weight excluding hydrogens is 230 g/mol. The number of carboxylic acids is 1. The lowest BCUT2D eigenvalue weighted by Crippen LogP contribution is -2.47. The van der Waals surface area contributed by atoms with E-state index in [4.69, 9.17) is 0 Å². The van der Waals surface area contributed by atoms with E-state index in [-0.39, 0.29) is 17.9 Å². The predicted octanol–water partition coefficient (Wildman–Crippen LogP) is 2.72. The molecule has 104 valence electrons. The van der Waals surface area contributed by atoms with Crippen molar-refractivity contribution < 1.29 is 14.7 Å². The van der Waals surface area contributed by atoms with Crippen molar-refractivity contribution in [2.45, 2.75) is 71.3 Å². The maximum atomic E-state index is 12.1. The lowest BCUT2D eigenvalue weighted by atomic mass is 9.82. The second-order valence-corrected chi connectivity index (χ2v) is 5.79. The molecule has 1 saturated carbocycles. The largest absolute Gasteiger partial charge is 0.481 e. The van der Waals surface area contributed by atoms with Crippen molar-refractivity contribution in [3.8, 4) is 0 Å². The van der Waals surface area contributed by atoms with Gasteiger partial charge in [0.25, 0.3) is 0 Å². The molecule has 4 heteroatoms. The number of aliphatic carboxylic acids is 1. The van der Waals surface area contributed by atoms with E-state index in [0.29, 0.717) is 12.8 Å². The van der Waals surface area contributed by atoms with Crippen LogP contribution in [0.3, 0.4) is 0 Å². The summed E-state index contributed by atoms with van der Waals surface area (Å²) in [6, 6.07) is 0. The van der Waals surface area contributed by atoms with Crippen molar-refractivity contribution in [3.63, 3.8) is 0 Å². The number of nitrogens with one attached hydrogen (secondary N) is 1. The van der Waals surface area contributed by atoms with Crippen LogP contribution in [-0.4, -0.2) is 22.5 Å². The van der Waals surface area contributed by atoms with Crippen LogP contribution in [0, 0.1) is 5.41 Å². The van der Waals surface area contributed by atoms with Gasteiger partial charge in [-0.15, -0.1) is 0 Å². The average molecular weight is 255 g/mol. The summed E-state index contributed by atoms with van der Waals surface area (Å²) in [6.07, 6.45) is 4.93. The molecule has 1 aliphatic carbocycles. The van der Waals surface area contributed by atoms with E-state index in [0.717, 1.165) is 25.7 Å². The van der Waals surface area contributed by atoms with Gasteiger partial charge < -0.3 is 10.4 Å². The van der Waals surface area contributed by atoms with Gasteiger partial charge in [0.1, 0.15) is 0 Å². The molecule has 1 aliphatic rings. The summed E-state index contributed by atoms with van der Waals surface area (Å²) in [5.74, 6) is -0.935. The second kappa shape index (κ2) is 5.72. The van der Waals surface area contributed by atoms with Crippen LogP contribution in [0.25, 0.3) is 0 Å². The Morgan fingerprint density at radius 2 is 1.72 bits per heavy atom. The molecule has 1 rings (SSSR count). The summed E-state index contributed by atoms with van der Waals surface area (Å²) in [4.78, 5) is 23.5. The van der Waals surface area contributed by atoms with Crippen LogP contribution < -0.4 is 5.32 Å². The summed E-state index contributed by atoms with van der Waals surface area (Å²) in [5, 5.41) is 12.3. The number of rotatable bonds is 6. The van der Waals surface area contributed by atoms with E-state index in [1.807, 2.05) is 20.8 Å². The van der Waals surface area contributed by atoms with Crippen molar-refractivity contribution in [2.75, 3.05) is 0 Å². The van der Waals surface area contributed by atoms with Gasteiger partial charge >= 0.3 is 5.97 Å². The first kappa shape index (κ1) is 15.0. The molecule has 1 amide bonds. The molecule has 0 aromatic carbocycles. The first-order valence-electron chi connectivity index (χ1n) is 6.92. The quantitative estimate of drug-likeness (QED) is 0.767. The molecule has 0 unspecified atom stereocenters. The van der Waals surface area contributed by atoms with Gasteiger partial charge in [-0.1, -0.05) is 26.7 Å². The van der Waals surface area contributed by atoms with Crippen LogP contribution >= 0.6 is 0 Å². The Labute approximate surface area is 109 Å². The van der Waals surface area contributed by atoms with Crippen LogP contribution in [0.1, 0.15) is 65.7 Å². The molecule has 1 fully saturated rings. The molecule has 0 saturated heterocycles. The third-order valence-corrected chi connectivity index (χ3v) is 4.52. The highest BCUT2D eigenvalue weighted by Crippen LogP contribution is 2.41. The fourth-order valence-electron chi connectivity index (χ4n) is 2.63. The van der Waals surface area contributed by atoms with Crippen LogP contribution in [0.15, 0.2) is 0 Å². The first-order valence-corrected chi connectivity index (χ1v) is 6.92. The monoisotopic (exact) mass is 255 g/mol. The van der Waals surface area contributed by atoms with Crippen molar-refractivity contribution >= 4 is 11.9 Å². The van der Waals surface area contributed by atoms with Gasteiger partial charge in [0.2, 0.25) is 5.91 Å². The van der Waals surface area contributed by atoms with Gasteiger partial charge in [0.15, 0.2) is 0 Å². The number of hydrogen-bond donors (Lipinski definition) is 2. The van der Waals surface area contributed by atoms with Crippen LogP contribution in [-0.2, 0) is 9.59 Å². The Kier molecular flexibility index (Phi) is 4.77. The smallest absolute Gasteiger partial charge is 0.310 e. The average Bonchev–Trinajstić information content (AvgIpc) is 2.78. The third kappa shape index (κ3) is 3.24. The minimum Gasteiger partial charge on any atom is -0.481 e. The molecule has 0 aromatic rings. The number of carbonyl (C=O) groups excluding carboxylic acids is 1. The van der Waals surface area contributed by atoms with E-state index < -0.39 is 11.4 Å². The molecule has 0 spiro atoms. The molecule has 2 N–H and O–H groups in total. The minimum atomic E-state index is -0.815. The van der Waals surface area contributed by atoms with E-state index in [2.05, 4.69) is 5.32 Å². The first-order chi connectivity index (χ1) is 8.37. The van der Waals surface area contributed by atoms with E-state index in [1.165, 1.54) is 0 Å². The Morgan fingerprint density at radius 3 is 2.11 bits per heavy atom. The Morgan fingerprint density at radius 1 is 1.22 bits per heavy atom. The fraction of sp³-hybridized carbons (Fsp3) is 0.857. The number of carbonyl (C=O) groups is 2. The van der Waals surface area contributed by atoms with Crippen molar-refractivity contribution in [1.29, 1.82) is 0 Å². The van der Waals surface area contributed by atoms with Gasteiger partial charge in [0, 0.05) is 12.0 Å². The van der Waals surface area contributed by atoms with Crippen LogP contribution in [0.2, 0.25) is 0 Å². The zero-order valence-corrected chi connectivity index (χ0v) is 11.7. The Bertz CT molecular complexity index is 315. The fourth-order valence-corrected chi connectivity index (χ4v) is 2.63. The van der Waals surface area contributed by atoms with Crippen LogP contribution in [0.5, 0.6) is 0 Å². The van der Waals surface area contributed by atoms with Gasteiger partial charge in [-0.2, -0.15) is 0 Å². The van der Waals surface area contributed by atoms with Gasteiger partial charge in [-0.3, -0.25) is 9.59 Å². The summed E-state index contributed by atoms with van der Waals surface area (Å²) in [6.45, 7) is 6.08. The molecule has 0 bridgehead atoms. The molecule has 18 heavy (non-hydrogen) atoms. The standard InChI is InChI=1S/C14H25NO3/c1-4-13(3,5-2)15-11(16)10-14(12(17)18)8-6-7-9-14/h4-10H2,1-3H3,(H,15,16)(H,17,18). The maximum absolute atomic E-state index is 12.1. The molecule has 0 aromatic heterocycles. The highest BCUT2D eigenvalue weighted by molar-refractivity contribution is 5.85. The molecular formula is C14H25NO3. The summed E-state index contributed by atoms with van der Waals surface area (Å²) in [7, 11) is 0.